The van der Waals surface area contributed by atoms with Crippen molar-refractivity contribution in [1.82, 2.24) is 0 Å². The Kier molecular flexibility index (Phi) is 2.61. The van der Waals surface area contributed by atoms with Gasteiger partial charge in [0.05, 0.1) is 0 Å². The van der Waals surface area contributed by atoms with Gasteiger partial charge >= 0.3 is 4.59 Å². The van der Waals surface area contributed by atoms with Crippen molar-refractivity contribution >= 4 is 22.4 Å². The first-order chi connectivity index (χ1) is 4.50. The fourth-order valence-corrected chi connectivity index (χ4v) is 0.964. The largest absolute Gasteiger partial charge is 0.463 e. The Bertz CT molecular complexity index is 123. The molecule has 0 saturated carbocycles. The van der Waals surface area contributed by atoms with Crippen LogP contribution in [0.15, 0.2) is 0 Å². The molecule has 0 spiro atoms. The zero-order valence-electron chi connectivity index (χ0n) is 4.34. The van der Waals surface area contributed by atoms with Crippen molar-refractivity contribution in [3.63, 3.8) is 0 Å². The predicted molar refractivity (Wildman–Crippen MR) is 26.8 cm³/mol. The molecule has 0 aliphatic carbocycles. The Morgan fingerprint density at radius 1 is 0.636 bits per heavy atom. The molecular formula is CF8S2. The van der Waals surface area contributed by atoms with Gasteiger partial charge in [-0.25, -0.2) is 0 Å². The van der Waals surface area contributed by atoms with Crippen LogP contribution in [0.4, 0.5) is 32.1 Å². The summed E-state index contributed by atoms with van der Waals surface area (Å²) in [6, 6.07) is 0. The van der Waals surface area contributed by atoms with Crippen molar-refractivity contribution in [3.05, 3.63) is 0 Å². The number of hydrogen-bond donors (Lipinski definition) is 0. The van der Waals surface area contributed by atoms with E-state index in [1.165, 1.54) is 0 Å². The van der Waals surface area contributed by atoms with Crippen molar-refractivity contribution in [3.8, 4) is 0 Å². The van der Waals surface area contributed by atoms with Crippen LogP contribution in [0.25, 0.3) is 0 Å². The van der Waals surface area contributed by atoms with Crippen molar-refractivity contribution in [2.45, 2.75) is 4.59 Å². The van der Waals surface area contributed by atoms with Crippen LogP contribution in [0.3, 0.4) is 0 Å². The molecule has 0 N–H and O–H groups in total. The lowest BCUT2D eigenvalue weighted by Crippen LogP contribution is -2.17. The Morgan fingerprint density at radius 3 is 0.818 bits per heavy atom. The van der Waals surface area contributed by atoms with Crippen LogP contribution in [-0.4, -0.2) is 4.59 Å². The Balaban J connectivity index is 4.75. The summed E-state index contributed by atoms with van der Waals surface area (Å²) in [5.41, 5.74) is 0. The Morgan fingerprint density at radius 2 is 0.818 bits per heavy atom. The number of hydrogen-bond acceptors (Lipinski definition) is 0. The molecular weight excluding hydrogens is 228 g/mol. The lowest BCUT2D eigenvalue weighted by molar-refractivity contribution is 0.159. The third-order valence-electron chi connectivity index (χ3n) is 0.539. The van der Waals surface area contributed by atoms with Gasteiger partial charge in [0.1, 0.15) is 0 Å². The molecule has 0 atom stereocenters. The molecule has 0 nitrogen and oxygen atoms in total. The Labute approximate surface area is 60.0 Å². The topological polar surface area (TPSA) is 0 Å². The van der Waals surface area contributed by atoms with E-state index in [-0.39, 0.29) is 0 Å². The van der Waals surface area contributed by atoms with Gasteiger partial charge in [0.15, 0.2) is 0 Å². The van der Waals surface area contributed by atoms with E-state index < -0.39 is 27.0 Å². The van der Waals surface area contributed by atoms with Crippen molar-refractivity contribution < 1.29 is 32.1 Å². The van der Waals surface area contributed by atoms with Crippen LogP contribution in [0.1, 0.15) is 0 Å². The minimum atomic E-state index is -7.38. The van der Waals surface area contributed by atoms with Crippen LogP contribution < -0.4 is 0 Å². The minimum absolute atomic E-state index is 6.46. The summed E-state index contributed by atoms with van der Waals surface area (Å²) in [5.74, 6) is 0. The molecule has 0 bridgehead atoms. The standard InChI is InChI=1S/CF8S2/c2-1(3,10(4,5)6)11(7,8)9. The first-order valence-electron chi connectivity index (χ1n) is 1.71. The van der Waals surface area contributed by atoms with Gasteiger partial charge in [-0.1, -0.05) is 0 Å². The van der Waals surface area contributed by atoms with E-state index in [1.54, 1.807) is 0 Å². The van der Waals surface area contributed by atoms with Gasteiger partial charge in [-0.05, 0) is 0 Å². The molecule has 0 unspecified atom stereocenters. The van der Waals surface area contributed by atoms with Crippen LogP contribution in [0.5, 0.6) is 0 Å². The fourth-order valence-electron chi connectivity index (χ4n) is 0.107. The highest BCUT2D eigenvalue weighted by atomic mass is 32.4. The van der Waals surface area contributed by atoms with E-state index in [9.17, 15) is 32.1 Å². The summed E-state index contributed by atoms with van der Waals surface area (Å²) < 4.78 is 81.8. The molecule has 10 heteroatoms. The average molecular weight is 228 g/mol. The molecule has 0 fully saturated rings. The molecule has 0 heterocycles. The number of halogens is 8. The number of alkyl halides is 2. The highest BCUT2D eigenvalue weighted by Gasteiger charge is 2.69. The lowest BCUT2D eigenvalue weighted by Gasteiger charge is -2.25. The first kappa shape index (κ1) is 11.1. The second-order valence-electron chi connectivity index (χ2n) is 1.28. The molecule has 0 aliphatic rings. The second kappa shape index (κ2) is 2.57. The molecule has 72 valence electrons. The van der Waals surface area contributed by atoms with Gasteiger partial charge in [0.2, 0.25) is 0 Å². The third-order valence-corrected chi connectivity index (χ3v) is 2.75. The third kappa shape index (κ3) is 2.04. The average Bonchev–Trinajstić information content (AvgIpc) is 1.58. The molecule has 0 radical (unpaired) electrons. The quantitative estimate of drug-likeness (QED) is 0.612. The molecule has 0 aromatic rings. The van der Waals surface area contributed by atoms with E-state index in [4.69, 9.17) is 0 Å². The second-order valence-corrected chi connectivity index (χ2v) is 4.19. The molecule has 0 saturated heterocycles. The first-order valence-corrected chi connectivity index (χ1v) is 4.38. The van der Waals surface area contributed by atoms with E-state index >= 15 is 0 Å². The molecule has 11 heavy (non-hydrogen) atoms. The van der Waals surface area contributed by atoms with E-state index in [0.29, 0.717) is 0 Å². The minimum Gasteiger partial charge on any atom is -0.170 e. The summed E-state index contributed by atoms with van der Waals surface area (Å²) in [6.07, 6.45) is 0. The van der Waals surface area contributed by atoms with Crippen LogP contribution in [0.2, 0.25) is 0 Å². The van der Waals surface area contributed by atoms with Gasteiger partial charge in [-0.15, -0.1) is 23.3 Å². The van der Waals surface area contributed by atoms with Gasteiger partial charge in [0.25, 0.3) is 22.4 Å². The maximum Gasteiger partial charge on any atom is 0.463 e. The van der Waals surface area contributed by atoms with Gasteiger partial charge < -0.3 is 0 Å². The van der Waals surface area contributed by atoms with Crippen LogP contribution in [0, 0.1) is 0 Å². The normalized spacial score (nSPS) is 18.2. The summed E-state index contributed by atoms with van der Waals surface area (Å²) in [4.78, 5) is 0. The monoisotopic (exact) mass is 228 g/mol. The SMILES string of the molecule is FC(F)(S(F)(F)F)S(F)(F)F. The highest BCUT2D eigenvalue weighted by molar-refractivity contribution is 8.38. The summed E-state index contributed by atoms with van der Waals surface area (Å²) >= 11 is -14.8. The summed E-state index contributed by atoms with van der Waals surface area (Å²) in [6.45, 7) is 0. The predicted octanol–water partition coefficient (Wildman–Crippen LogP) is 4.45. The molecule has 0 aromatic heterocycles. The lowest BCUT2D eigenvalue weighted by atomic mass is 11.6. The molecule has 0 aliphatic heterocycles. The van der Waals surface area contributed by atoms with E-state index in [2.05, 4.69) is 0 Å². The van der Waals surface area contributed by atoms with Gasteiger partial charge in [-0.2, -0.15) is 8.78 Å². The molecule has 0 rings (SSSR count). The van der Waals surface area contributed by atoms with Gasteiger partial charge in [-0.3, -0.25) is 0 Å². The zero-order valence-corrected chi connectivity index (χ0v) is 5.97. The van der Waals surface area contributed by atoms with Crippen LogP contribution in [-0.2, 0) is 0 Å². The van der Waals surface area contributed by atoms with Crippen molar-refractivity contribution in [2.24, 2.45) is 0 Å². The van der Waals surface area contributed by atoms with Crippen LogP contribution >= 0.6 is 22.4 Å². The maximum absolute atomic E-state index is 11.3. The summed E-state index contributed by atoms with van der Waals surface area (Å²) in [7, 11) is 0. The smallest absolute Gasteiger partial charge is 0.170 e. The summed E-state index contributed by atoms with van der Waals surface area (Å²) in [5, 5.41) is 0. The fraction of sp³-hybridized carbons (Fsp3) is 1.00. The van der Waals surface area contributed by atoms with Crippen molar-refractivity contribution in [1.29, 1.82) is 0 Å². The molecule has 0 amide bonds. The highest BCUT2D eigenvalue weighted by Crippen LogP contribution is 2.82. The Hall–Kier alpha value is 0.140. The van der Waals surface area contributed by atoms with Crippen molar-refractivity contribution in [2.75, 3.05) is 0 Å². The zero-order chi connectivity index (χ0) is 9.50. The van der Waals surface area contributed by atoms with E-state index in [0.717, 1.165) is 0 Å². The van der Waals surface area contributed by atoms with E-state index in [1.807, 2.05) is 0 Å². The maximum atomic E-state index is 11.3. The van der Waals surface area contributed by atoms with Gasteiger partial charge in [0, 0.05) is 0 Å². The molecule has 0 aromatic carbocycles. The number of rotatable bonds is 2.